The van der Waals surface area contributed by atoms with Crippen LogP contribution in [0.3, 0.4) is 0 Å². The van der Waals surface area contributed by atoms with E-state index in [-0.39, 0.29) is 11.9 Å². The Morgan fingerprint density at radius 1 is 0.964 bits per heavy atom. The first-order valence-electron chi connectivity index (χ1n) is 9.15. The van der Waals surface area contributed by atoms with E-state index in [0.29, 0.717) is 18.0 Å². The number of aryl methyl sites for hydroxylation is 2. The molecule has 4 rings (SSSR count). The fraction of sp³-hybridized carbons (Fsp3) is 0.182. The lowest BCUT2D eigenvalue weighted by Crippen LogP contribution is -2.28. The summed E-state index contributed by atoms with van der Waals surface area (Å²) in [6.07, 6.45) is 2.26. The van der Waals surface area contributed by atoms with Crippen molar-refractivity contribution in [3.63, 3.8) is 0 Å². The molecule has 2 heterocycles. The van der Waals surface area contributed by atoms with Crippen LogP contribution < -0.4 is 15.5 Å². The third kappa shape index (κ3) is 3.49. The molecule has 6 nitrogen and oxygen atoms in total. The lowest BCUT2D eigenvalue weighted by Gasteiger charge is -2.17. The first kappa shape index (κ1) is 17.9. The number of hydrogen-bond acceptors (Lipinski definition) is 3. The molecule has 1 aliphatic rings. The Morgan fingerprint density at radius 2 is 1.71 bits per heavy atom. The van der Waals surface area contributed by atoms with E-state index in [0.717, 1.165) is 28.9 Å². The Morgan fingerprint density at radius 3 is 2.43 bits per heavy atom. The van der Waals surface area contributed by atoms with Crippen molar-refractivity contribution in [2.24, 2.45) is 0 Å². The molecule has 28 heavy (non-hydrogen) atoms. The number of furan rings is 1. The SMILES string of the molecule is Cc1ccc(NC(=O)Nc2ccc3c(c2)N(C(=O)c2ccco2)CC3)cc1C. The number of benzene rings is 2. The fourth-order valence-corrected chi connectivity index (χ4v) is 3.31. The Hall–Kier alpha value is -3.54. The van der Waals surface area contributed by atoms with Gasteiger partial charge in [-0.15, -0.1) is 0 Å². The molecule has 0 saturated heterocycles. The highest BCUT2D eigenvalue weighted by molar-refractivity contribution is 6.06. The highest BCUT2D eigenvalue weighted by atomic mass is 16.3. The number of nitrogens with zero attached hydrogens (tertiary/aromatic N) is 1. The summed E-state index contributed by atoms with van der Waals surface area (Å²) in [5.74, 6) is 0.124. The summed E-state index contributed by atoms with van der Waals surface area (Å²) >= 11 is 0. The van der Waals surface area contributed by atoms with Gasteiger partial charge >= 0.3 is 6.03 Å². The second kappa shape index (κ2) is 7.23. The van der Waals surface area contributed by atoms with Gasteiger partial charge in [-0.25, -0.2) is 4.79 Å². The van der Waals surface area contributed by atoms with Crippen LogP contribution in [0.25, 0.3) is 0 Å². The van der Waals surface area contributed by atoms with Crippen LogP contribution in [0.1, 0.15) is 27.2 Å². The number of fused-ring (bicyclic) bond motifs is 1. The number of urea groups is 1. The Balaban J connectivity index is 1.49. The first-order valence-corrected chi connectivity index (χ1v) is 9.15. The number of carbonyl (C=O) groups excluding carboxylic acids is 2. The Bertz CT molecular complexity index is 1040. The molecule has 3 amide bonds. The van der Waals surface area contributed by atoms with Gasteiger partial charge < -0.3 is 20.0 Å². The van der Waals surface area contributed by atoms with Gasteiger partial charge in [-0.05, 0) is 73.4 Å². The molecule has 0 saturated carbocycles. The molecule has 2 N–H and O–H groups in total. The second-order valence-corrected chi connectivity index (χ2v) is 6.91. The molecule has 0 fully saturated rings. The lowest BCUT2D eigenvalue weighted by atomic mass is 10.1. The third-order valence-electron chi connectivity index (χ3n) is 4.98. The minimum absolute atomic E-state index is 0.180. The van der Waals surface area contributed by atoms with Crippen LogP contribution in [0.5, 0.6) is 0 Å². The van der Waals surface area contributed by atoms with Gasteiger partial charge in [0.15, 0.2) is 5.76 Å². The van der Waals surface area contributed by atoms with Crippen molar-refractivity contribution >= 4 is 29.0 Å². The van der Waals surface area contributed by atoms with Crippen LogP contribution in [0.2, 0.25) is 0 Å². The molecule has 3 aromatic rings. The normalized spacial score (nSPS) is 12.6. The predicted octanol–water partition coefficient (Wildman–Crippen LogP) is 4.74. The summed E-state index contributed by atoms with van der Waals surface area (Å²) in [6, 6.07) is 14.4. The van der Waals surface area contributed by atoms with E-state index in [4.69, 9.17) is 4.42 Å². The third-order valence-corrected chi connectivity index (χ3v) is 4.98. The number of hydrogen-bond donors (Lipinski definition) is 2. The van der Waals surface area contributed by atoms with E-state index < -0.39 is 0 Å². The van der Waals surface area contributed by atoms with E-state index in [1.807, 2.05) is 50.2 Å². The maximum Gasteiger partial charge on any atom is 0.323 e. The zero-order valence-corrected chi connectivity index (χ0v) is 15.8. The zero-order valence-electron chi connectivity index (χ0n) is 15.8. The summed E-state index contributed by atoms with van der Waals surface area (Å²) in [7, 11) is 0. The summed E-state index contributed by atoms with van der Waals surface area (Å²) in [4.78, 5) is 26.7. The average molecular weight is 375 g/mol. The second-order valence-electron chi connectivity index (χ2n) is 6.91. The molecule has 0 bridgehead atoms. The van der Waals surface area contributed by atoms with Crippen LogP contribution in [0.15, 0.2) is 59.2 Å². The molecule has 0 atom stereocenters. The quantitative estimate of drug-likeness (QED) is 0.694. The molecule has 0 radical (unpaired) electrons. The Labute approximate surface area is 163 Å². The minimum atomic E-state index is -0.329. The number of carbonyl (C=O) groups is 2. The molecular weight excluding hydrogens is 354 g/mol. The molecule has 0 spiro atoms. The molecule has 1 aromatic heterocycles. The van der Waals surface area contributed by atoms with E-state index in [1.165, 1.54) is 11.8 Å². The largest absolute Gasteiger partial charge is 0.459 e. The molecule has 6 heteroatoms. The van der Waals surface area contributed by atoms with Crippen molar-refractivity contribution in [1.29, 1.82) is 0 Å². The Kier molecular flexibility index (Phi) is 4.61. The zero-order chi connectivity index (χ0) is 19.7. The maximum absolute atomic E-state index is 12.6. The van der Waals surface area contributed by atoms with Crippen molar-refractivity contribution in [1.82, 2.24) is 0 Å². The van der Waals surface area contributed by atoms with Gasteiger partial charge in [0.2, 0.25) is 0 Å². The van der Waals surface area contributed by atoms with E-state index >= 15 is 0 Å². The standard InChI is InChI=1S/C22H21N3O3/c1-14-5-7-17(12-15(14)2)23-22(27)24-18-8-6-16-9-10-25(19(16)13-18)21(26)20-4-3-11-28-20/h3-8,11-13H,9-10H2,1-2H3,(H2,23,24,27). The average Bonchev–Trinajstić information content (AvgIpc) is 3.34. The number of amides is 3. The van der Waals surface area contributed by atoms with Crippen LogP contribution in [-0.2, 0) is 6.42 Å². The van der Waals surface area contributed by atoms with Crippen LogP contribution in [0.4, 0.5) is 21.9 Å². The first-order chi connectivity index (χ1) is 13.5. The molecule has 142 valence electrons. The summed E-state index contributed by atoms with van der Waals surface area (Å²) in [5.41, 5.74) is 5.51. The van der Waals surface area contributed by atoms with Gasteiger partial charge in [0.05, 0.1) is 6.26 Å². The summed E-state index contributed by atoms with van der Waals surface area (Å²) in [5, 5.41) is 5.67. The van der Waals surface area contributed by atoms with Crippen LogP contribution >= 0.6 is 0 Å². The van der Waals surface area contributed by atoms with Crippen molar-refractivity contribution in [3.8, 4) is 0 Å². The van der Waals surface area contributed by atoms with Gasteiger partial charge in [0.1, 0.15) is 0 Å². The monoisotopic (exact) mass is 375 g/mol. The summed E-state index contributed by atoms with van der Waals surface area (Å²) < 4.78 is 5.23. The molecule has 0 unspecified atom stereocenters. The van der Waals surface area contributed by atoms with Crippen LogP contribution in [-0.4, -0.2) is 18.5 Å². The van der Waals surface area contributed by atoms with Crippen LogP contribution in [0, 0.1) is 13.8 Å². The van der Waals surface area contributed by atoms with Crippen molar-refractivity contribution in [3.05, 3.63) is 77.2 Å². The van der Waals surface area contributed by atoms with E-state index in [1.54, 1.807) is 17.0 Å². The molecule has 1 aliphatic heterocycles. The van der Waals surface area contributed by atoms with Gasteiger partial charge in [-0.2, -0.15) is 0 Å². The van der Waals surface area contributed by atoms with E-state index in [2.05, 4.69) is 10.6 Å². The van der Waals surface area contributed by atoms with Crippen molar-refractivity contribution in [2.45, 2.75) is 20.3 Å². The van der Waals surface area contributed by atoms with E-state index in [9.17, 15) is 9.59 Å². The molecular formula is C22H21N3O3. The minimum Gasteiger partial charge on any atom is -0.459 e. The smallest absolute Gasteiger partial charge is 0.323 e. The number of rotatable bonds is 3. The number of nitrogens with one attached hydrogen (secondary N) is 2. The molecule has 2 aromatic carbocycles. The van der Waals surface area contributed by atoms with Gasteiger partial charge in [0.25, 0.3) is 5.91 Å². The highest BCUT2D eigenvalue weighted by Crippen LogP contribution is 2.32. The van der Waals surface area contributed by atoms with Gasteiger partial charge in [-0.1, -0.05) is 12.1 Å². The maximum atomic E-state index is 12.6. The molecule has 0 aliphatic carbocycles. The van der Waals surface area contributed by atoms with Crippen molar-refractivity contribution < 1.29 is 14.0 Å². The van der Waals surface area contributed by atoms with Gasteiger partial charge in [0, 0.05) is 23.6 Å². The topological polar surface area (TPSA) is 74.6 Å². The fourth-order valence-electron chi connectivity index (χ4n) is 3.31. The predicted molar refractivity (Wildman–Crippen MR) is 109 cm³/mol. The van der Waals surface area contributed by atoms with Gasteiger partial charge in [-0.3, -0.25) is 4.79 Å². The van der Waals surface area contributed by atoms with Crippen molar-refractivity contribution in [2.75, 3.05) is 22.1 Å². The highest BCUT2D eigenvalue weighted by Gasteiger charge is 2.27. The lowest BCUT2D eigenvalue weighted by molar-refractivity contribution is 0.0963. The number of anilines is 3. The summed E-state index contributed by atoms with van der Waals surface area (Å²) in [6.45, 7) is 4.62.